The third-order valence-corrected chi connectivity index (χ3v) is 3.51. The highest BCUT2D eigenvalue weighted by Gasteiger charge is 2.11. The highest BCUT2D eigenvalue weighted by Crippen LogP contribution is 2.24. The summed E-state index contributed by atoms with van der Waals surface area (Å²) in [5.41, 5.74) is 2.37. The molecule has 0 aliphatic rings. The van der Waals surface area contributed by atoms with Gasteiger partial charge in [-0.1, -0.05) is 22.0 Å². The summed E-state index contributed by atoms with van der Waals surface area (Å²) >= 11 is 3.35. The van der Waals surface area contributed by atoms with Crippen LogP contribution in [-0.4, -0.2) is 10.1 Å². The lowest BCUT2D eigenvalue weighted by Crippen LogP contribution is -2.03. The molecule has 0 radical (unpaired) electrons. The van der Waals surface area contributed by atoms with Crippen molar-refractivity contribution in [3.63, 3.8) is 0 Å². The number of nitrogens with zero attached hydrogens (tertiary/aromatic N) is 1. The lowest BCUT2D eigenvalue weighted by molar-refractivity contribution is 0.177. The molecule has 0 aliphatic heterocycles. The highest BCUT2D eigenvalue weighted by molar-refractivity contribution is 9.10. The number of halogens is 2. The Hall–Kier alpha value is -1.26. The second-order valence-electron chi connectivity index (χ2n) is 4.19. The van der Waals surface area contributed by atoms with Crippen LogP contribution in [0.25, 0.3) is 0 Å². The van der Waals surface area contributed by atoms with Crippen LogP contribution >= 0.6 is 15.9 Å². The largest absolute Gasteiger partial charge is 0.388 e. The van der Waals surface area contributed by atoms with Gasteiger partial charge in [0.15, 0.2) is 0 Å². The second kappa shape index (κ2) is 5.59. The molecule has 0 saturated heterocycles. The summed E-state index contributed by atoms with van der Waals surface area (Å²) in [5, 5.41) is 10.1. The minimum atomic E-state index is -0.684. The lowest BCUT2D eigenvalue weighted by Gasteiger charge is -2.12. The van der Waals surface area contributed by atoms with Gasteiger partial charge in [0.2, 0.25) is 0 Å². The molecule has 0 spiro atoms. The van der Waals surface area contributed by atoms with Crippen LogP contribution in [0.3, 0.4) is 0 Å². The van der Waals surface area contributed by atoms with Crippen LogP contribution in [0, 0.1) is 12.7 Å². The van der Waals surface area contributed by atoms with Gasteiger partial charge in [0.25, 0.3) is 0 Å². The molecular weight excluding hydrogens is 297 g/mol. The molecule has 1 aromatic carbocycles. The number of aliphatic hydroxyl groups is 1. The van der Waals surface area contributed by atoms with Crippen molar-refractivity contribution in [3.8, 4) is 0 Å². The van der Waals surface area contributed by atoms with Gasteiger partial charge in [-0.25, -0.2) is 4.39 Å². The maximum Gasteiger partial charge on any atom is 0.123 e. The molecule has 2 rings (SSSR count). The molecule has 1 unspecified atom stereocenters. The number of benzene rings is 1. The molecule has 0 fully saturated rings. The van der Waals surface area contributed by atoms with Gasteiger partial charge in [-0.3, -0.25) is 4.98 Å². The maximum absolute atomic E-state index is 13.1. The topological polar surface area (TPSA) is 33.1 Å². The fourth-order valence-electron chi connectivity index (χ4n) is 1.70. The van der Waals surface area contributed by atoms with E-state index in [4.69, 9.17) is 0 Å². The van der Waals surface area contributed by atoms with Crippen molar-refractivity contribution in [1.82, 2.24) is 4.98 Å². The SMILES string of the molecule is Cc1ccc(C(O)Cc2cc(F)ccc2Br)cn1. The summed E-state index contributed by atoms with van der Waals surface area (Å²) in [4.78, 5) is 4.14. The Labute approximate surface area is 114 Å². The monoisotopic (exact) mass is 309 g/mol. The van der Waals surface area contributed by atoms with Gasteiger partial charge in [-0.15, -0.1) is 0 Å². The summed E-state index contributed by atoms with van der Waals surface area (Å²) in [5.74, 6) is -0.303. The van der Waals surface area contributed by atoms with Crippen LogP contribution in [0.1, 0.15) is 22.9 Å². The van der Waals surface area contributed by atoms with Crippen LogP contribution in [0.15, 0.2) is 41.0 Å². The normalized spacial score (nSPS) is 12.4. The van der Waals surface area contributed by atoms with Gasteiger partial charge < -0.3 is 5.11 Å². The van der Waals surface area contributed by atoms with Gasteiger partial charge in [0, 0.05) is 22.8 Å². The van der Waals surface area contributed by atoms with Crippen molar-refractivity contribution in [2.75, 3.05) is 0 Å². The quantitative estimate of drug-likeness (QED) is 0.940. The Bertz CT molecular complexity index is 542. The van der Waals surface area contributed by atoms with Crippen molar-refractivity contribution >= 4 is 15.9 Å². The number of hydrogen-bond donors (Lipinski definition) is 1. The summed E-state index contributed by atoms with van der Waals surface area (Å²) in [7, 11) is 0. The van der Waals surface area contributed by atoms with E-state index in [1.165, 1.54) is 12.1 Å². The number of rotatable bonds is 3. The van der Waals surface area contributed by atoms with Crippen molar-refractivity contribution in [1.29, 1.82) is 0 Å². The van der Waals surface area contributed by atoms with E-state index in [9.17, 15) is 9.50 Å². The van der Waals surface area contributed by atoms with E-state index in [-0.39, 0.29) is 5.82 Å². The molecule has 1 aromatic heterocycles. The van der Waals surface area contributed by atoms with E-state index in [1.807, 2.05) is 19.1 Å². The Morgan fingerprint density at radius 1 is 1.33 bits per heavy atom. The van der Waals surface area contributed by atoms with E-state index in [1.54, 1.807) is 12.3 Å². The van der Waals surface area contributed by atoms with Crippen LogP contribution in [0.5, 0.6) is 0 Å². The molecule has 94 valence electrons. The minimum Gasteiger partial charge on any atom is -0.388 e. The van der Waals surface area contributed by atoms with Gasteiger partial charge in [-0.05, 0) is 42.3 Å². The maximum atomic E-state index is 13.1. The van der Waals surface area contributed by atoms with Crippen molar-refractivity contribution in [2.45, 2.75) is 19.4 Å². The van der Waals surface area contributed by atoms with Crippen LogP contribution in [0.2, 0.25) is 0 Å². The molecule has 0 saturated carbocycles. The number of aromatic nitrogens is 1. The lowest BCUT2D eigenvalue weighted by atomic mass is 10.0. The first-order valence-electron chi connectivity index (χ1n) is 5.61. The Morgan fingerprint density at radius 3 is 2.78 bits per heavy atom. The van der Waals surface area contributed by atoms with Gasteiger partial charge in [-0.2, -0.15) is 0 Å². The predicted molar refractivity (Wildman–Crippen MR) is 71.7 cm³/mol. The molecule has 0 bridgehead atoms. The molecule has 4 heteroatoms. The molecular formula is C14H13BrFNO. The van der Waals surface area contributed by atoms with E-state index in [0.717, 1.165) is 21.3 Å². The Kier molecular flexibility index (Phi) is 4.09. The summed E-state index contributed by atoms with van der Waals surface area (Å²) in [6.07, 6.45) is 1.31. The molecule has 18 heavy (non-hydrogen) atoms. The Balaban J connectivity index is 2.18. The first kappa shape index (κ1) is 13.2. The molecule has 0 aliphatic carbocycles. The van der Waals surface area contributed by atoms with Crippen LogP contribution in [0.4, 0.5) is 4.39 Å². The second-order valence-corrected chi connectivity index (χ2v) is 5.04. The number of pyridine rings is 1. The number of aliphatic hydroxyl groups excluding tert-OH is 1. The first-order chi connectivity index (χ1) is 8.56. The molecule has 1 heterocycles. The summed E-state index contributed by atoms with van der Waals surface area (Å²) in [6.45, 7) is 1.89. The zero-order valence-electron chi connectivity index (χ0n) is 9.90. The van der Waals surface area contributed by atoms with Crippen LogP contribution < -0.4 is 0 Å². The average molecular weight is 310 g/mol. The minimum absolute atomic E-state index is 0.303. The zero-order chi connectivity index (χ0) is 13.1. The van der Waals surface area contributed by atoms with Crippen molar-refractivity contribution in [2.24, 2.45) is 0 Å². The molecule has 1 N–H and O–H groups in total. The Morgan fingerprint density at radius 2 is 2.11 bits per heavy atom. The smallest absolute Gasteiger partial charge is 0.123 e. The van der Waals surface area contributed by atoms with E-state index in [0.29, 0.717) is 6.42 Å². The zero-order valence-corrected chi connectivity index (χ0v) is 11.5. The van der Waals surface area contributed by atoms with Gasteiger partial charge in [0.1, 0.15) is 5.82 Å². The van der Waals surface area contributed by atoms with Gasteiger partial charge in [0.05, 0.1) is 6.10 Å². The fourth-order valence-corrected chi connectivity index (χ4v) is 2.11. The van der Waals surface area contributed by atoms with E-state index >= 15 is 0 Å². The third kappa shape index (κ3) is 3.15. The number of aryl methyl sites for hydroxylation is 1. The third-order valence-electron chi connectivity index (χ3n) is 2.74. The summed E-state index contributed by atoms with van der Waals surface area (Å²) in [6, 6.07) is 8.13. The molecule has 0 amide bonds. The van der Waals surface area contributed by atoms with Crippen molar-refractivity contribution < 1.29 is 9.50 Å². The van der Waals surface area contributed by atoms with Gasteiger partial charge >= 0.3 is 0 Å². The molecule has 2 nitrogen and oxygen atoms in total. The fraction of sp³-hybridized carbons (Fsp3) is 0.214. The predicted octanol–water partition coefficient (Wildman–Crippen LogP) is 3.57. The standard InChI is InChI=1S/C14H13BrFNO/c1-9-2-3-10(8-17-9)14(18)7-11-6-12(16)4-5-13(11)15/h2-6,8,14,18H,7H2,1H3. The van der Waals surface area contributed by atoms with E-state index in [2.05, 4.69) is 20.9 Å². The summed E-state index contributed by atoms with van der Waals surface area (Å²) < 4.78 is 13.9. The number of hydrogen-bond acceptors (Lipinski definition) is 2. The average Bonchev–Trinajstić information content (AvgIpc) is 2.34. The highest BCUT2D eigenvalue weighted by atomic mass is 79.9. The van der Waals surface area contributed by atoms with E-state index < -0.39 is 6.10 Å². The molecule has 1 atom stereocenters. The van der Waals surface area contributed by atoms with Crippen molar-refractivity contribution in [3.05, 3.63) is 63.6 Å². The molecule has 2 aromatic rings. The first-order valence-corrected chi connectivity index (χ1v) is 6.40. The van der Waals surface area contributed by atoms with Crippen LogP contribution in [-0.2, 0) is 6.42 Å².